The second-order valence-electron chi connectivity index (χ2n) is 3.65. The van der Waals surface area contributed by atoms with E-state index in [-0.39, 0.29) is 27.6 Å². The fraction of sp³-hybridized carbons (Fsp3) is 0.0909. The molecule has 2 heterocycles. The quantitative estimate of drug-likeness (QED) is 0.839. The number of hydrogen-bond donors (Lipinski definition) is 1. The molecule has 8 nitrogen and oxygen atoms in total. The number of methoxy groups -OCH3 is 1. The molecule has 0 unspecified atom stereocenters. The lowest BCUT2D eigenvalue weighted by Gasteiger charge is -2.07. The van der Waals surface area contributed by atoms with Crippen LogP contribution in [0.15, 0.2) is 29.3 Å². The minimum Gasteiger partial charge on any atom is -0.481 e. The van der Waals surface area contributed by atoms with E-state index >= 15 is 0 Å². The molecule has 2 rings (SSSR count). The zero-order chi connectivity index (χ0) is 15.5. The Hall–Kier alpha value is -2.44. The Morgan fingerprint density at radius 1 is 1.38 bits per heavy atom. The van der Waals surface area contributed by atoms with Crippen LogP contribution in [0, 0.1) is 11.3 Å². The van der Waals surface area contributed by atoms with Gasteiger partial charge in [-0.2, -0.15) is 10.2 Å². The van der Waals surface area contributed by atoms with Gasteiger partial charge in [-0.3, -0.25) is 0 Å². The van der Waals surface area contributed by atoms with Crippen LogP contribution < -0.4 is 9.46 Å². The summed E-state index contributed by atoms with van der Waals surface area (Å²) in [5, 5.41) is 8.65. The second-order valence-corrected chi connectivity index (χ2v) is 5.72. The Balaban J connectivity index is 2.32. The van der Waals surface area contributed by atoms with E-state index in [9.17, 15) is 8.42 Å². The van der Waals surface area contributed by atoms with Crippen molar-refractivity contribution in [3.05, 3.63) is 35.2 Å². The minimum absolute atomic E-state index is 0.0255. The van der Waals surface area contributed by atoms with Gasteiger partial charge in [0, 0.05) is 12.3 Å². The van der Waals surface area contributed by atoms with Crippen molar-refractivity contribution in [1.29, 1.82) is 5.26 Å². The summed E-state index contributed by atoms with van der Waals surface area (Å²) in [5.74, 6) is -0.116. The molecule has 0 saturated heterocycles. The second kappa shape index (κ2) is 5.90. The number of anilines is 1. The molecule has 0 aromatic carbocycles. The molecule has 0 atom stereocenters. The van der Waals surface area contributed by atoms with Gasteiger partial charge in [0.2, 0.25) is 11.8 Å². The zero-order valence-corrected chi connectivity index (χ0v) is 12.2. The van der Waals surface area contributed by atoms with Crippen molar-refractivity contribution in [1.82, 2.24) is 15.0 Å². The SMILES string of the molecule is COc1cc(Cl)nc(NS(=O)(=O)c2ccc(C#N)nc2)n1. The molecule has 0 fully saturated rings. The summed E-state index contributed by atoms with van der Waals surface area (Å²) in [6.45, 7) is 0. The fourth-order valence-electron chi connectivity index (χ4n) is 1.33. The molecule has 0 radical (unpaired) electrons. The Morgan fingerprint density at radius 3 is 2.71 bits per heavy atom. The smallest absolute Gasteiger partial charge is 0.265 e. The van der Waals surface area contributed by atoms with E-state index in [4.69, 9.17) is 21.6 Å². The molecule has 0 spiro atoms. The van der Waals surface area contributed by atoms with Crippen molar-refractivity contribution >= 4 is 27.6 Å². The van der Waals surface area contributed by atoms with E-state index < -0.39 is 10.0 Å². The third-order valence-electron chi connectivity index (χ3n) is 2.27. The maximum Gasteiger partial charge on any atom is 0.265 e. The summed E-state index contributed by atoms with van der Waals surface area (Å²) in [7, 11) is -2.58. The molecule has 108 valence electrons. The summed E-state index contributed by atoms with van der Waals surface area (Å²) in [4.78, 5) is 11.1. The highest BCUT2D eigenvalue weighted by atomic mass is 35.5. The monoisotopic (exact) mass is 325 g/mol. The van der Waals surface area contributed by atoms with E-state index in [0.29, 0.717) is 0 Å². The minimum atomic E-state index is -3.94. The number of sulfonamides is 1. The van der Waals surface area contributed by atoms with Gasteiger partial charge >= 0.3 is 0 Å². The third-order valence-corrected chi connectivity index (χ3v) is 3.77. The number of hydrogen-bond acceptors (Lipinski definition) is 7. The predicted octanol–water partition coefficient (Wildman–Crippen LogP) is 1.21. The molecule has 0 bridgehead atoms. The van der Waals surface area contributed by atoms with Crippen molar-refractivity contribution in [2.24, 2.45) is 0 Å². The summed E-state index contributed by atoms with van der Waals surface area (Å²) in [6.07, 6.45) is 1.06. The van der Waals surface area contributed by atoms with E-state index in [1.54, 1.807) is 6.07 Å². The Labute approximate surface area is 125 Å². The van der Waals surface area contributed by atoms with E-state index in [1.165, 1.54) is 25.3 Å². The van der Waals surface area contributed by atoms with Crippen LogP contribution in [0.2, 0.25) is 5.15 Å². The van der Waals surface area contributed by atoms with Crippen LogP contribution >= 0.6 is 11.6 Å². The van der Waals surface area contributed by atoms with E-state index in [1.807, 2.05) is 0 Å². The standard InChI is InChI=1S/C11H8ClN5O3S/c1-20-10-4-9(12)15-11(16-10)17-21(18,19)8-3-2-7(5-13)14-6-8/h2-4,6H,1H3,(H,15,16,17). The largest absolute Gasteiger partial charge is 0.481 e. The number of aromatic nitrogens is 3. The summed E-state index contributed by atoms with van der Waals surface area (Å²) >= 11 is 5.73. The highest BCUT2D eigenvalue weighted by molar-refractivity contribution is 7.92. The first kappa shape index (κ1) is 15.0. The zero-order valence-electron chi connectivity index (χ0n) is 10.6. The molecule has 0 aliphatic rings. The summed E-state index contributed by atoms with van der Waals surface area (Å²) < 4.78 is 31.2. The molecule has 1 N–H and O–H groups in total. The number of pyridine rings is 1. The summed E-state index contributed by atoms with van der Waals surface area (Å²) in [5.41, 5.74) is 0.106. The molecular formula is C11H8ClN5O3S. The van der Waals surface area contributed by atoms with Crippen LogP contribution in [0.4, 0.5) is 5.95 Å². The van der Waals surface area contributed by atoms with Gasteiger partial charge in [0.25, 0.3) is 10.0 Å². The number of halogens is 1. The highest BCUT2D eigenvalue weighted by Gasteiger charge is 2.17. The molecule has 0 saturated carbocycles. The molecule has 0 aliphatic heterocycles. The molecule has 2 aromatic rings. The number of nitrogens with zero attached hydrogens (tertiary/aromatic N) is 4. The topological polar surface area (TPSA) is 118 Å². The Kier molecular flexibility index (Phi) is 4.21. The van der Waals surface area contributed by atoms with Crippen LogP contribution in [0.5, 0.6) is 5.88 Å². The molecule has 10 heteroatoms. The van der Waals surface area contributed by atoms with Gasteiger partial charge in [0.15, 0.2) is 0 Å². The third kappa shape index (κ3) is 3.56. The highest BCUT2D eigenvalue weighted by Crippen LogP contribution is 2.18. The van der Waals surface area contributed by atoms with Gasteiger partial charge in [0.1, 0.15) is 21.8 Å². The first-order chi connectivity index (χ1) is 9.94. The lowest BCUT2D eigenvalue weighted by molar-refractivity contribution is 0.397. The van der Waals surface area contributed by atoms with E-state index in [2.05, 4.69) is 19.7 Å². The average molecular weight is 326 g/mol. The van der Waals surface area contributed by atoms with Gasteiger partial charge in [-0.05, 0) is 12.1 Å². The normalized spacial score (nSPS) is 10.7. The predicted molar refractivity (Wildman–Crippen MR) is 73.4 cm³/mol. The molecule has 2 aromatic heterocycles. The van der Waals surface area contributed by atoms with Crippen LogP contribution in [0.25, 0.3) is 0 Å². The van der Waals surface area contributed by atoms with Crippen molar-refractivity contribution in [2.75, 3.05) is 11.8 Å². The average Bonchev–Trinajstić information content (AvgIpc) is 2.46. The van der Waals surface area contributed by atoms with Crippen molar-refractivity contribution in [3.8, 4) is 11.9 Å². The van der Waals surface area contributed by atoms with Crippen molar-refractivity contribution < 1.29 is 13.2 Å². The summed E-state index contributed by atoms with van der Waals surface area (Å²) in [6, 6.07) is 5.66. The molecular weight excluding hydrogens is 318 g/mol. The van der Waals surface area contributed by atoms with Gasteiger partial charge < -0.3 is 4.74 Å². The van der Waals surface area contributed by atoms with Gasteiger partial charge in [-0.15, -0.1) is 0 Å². The lowest BCUT2D eigenvalue weighted by atomic mass is 10.4. The van der Waals surface area contributed by atoms with Crippen LogP contribution in [0.1, 0.15) is 5.69 Å². The number of nitrogens with one attached hydrogen (secondary N) is 1. The molecule has 0 amide bonds. The maximum absolute atomic E-state index is 12.1. The van der Waals surface area contributed by atoms with Crippen LogP contribution in [0.3, 0.4) is 0 Å². The first-order valence-electron chi connectivity index (χ1n) is 5.42. The fourth-order valence-corrected chi connectivity index (χ4v) is 2.39. The number of ether oxygens (including phenoxy) is 1. The van der Waals surface area contributed by atoms with Crippen LogP contribution in [-0.4, -0.2) is 30.5 Å². The van der Waals surface area contributed by atoms with Gasteiger partial charge in [0.05, 0.1) is 7.11 Å². The van der Waals surface area contributed by atoms with E-state index in [0.717, 1.165) is 6.20 Å². The molecule has 21 heavy (non-hydrogen) atoms. The Morgan fingerprint density at radius 2 is 2.14 bits per heavy atom. The molecule has 0 aliphatic carbocycles. The number of rotatable bonds is 4. The number of nitriles is 1. The van der Waals surface area contributed by atoms with Gasteiger partial charge in [-0.1, -0.05) is 11.6 Å². The lowest BCUT2D eigenvalue weighted by Crippen LogP contribution is -2.15. The first-order valence-corrected chi connectivity index (χ1v) is 7.28. The van der Waals surface area contributed by atoms with Crippen LogP contribution in [-0.2, 0) is 10.0 Å². The van der Waals surface area contributed by atoms with Crippen molar-refractivity contribution in [3.63, 3.8) is 0 Å². The maximum atomic E-state index is 12.1. The van der Waals surface area contributed by atoms with Gasteiger partial charge in [-0.25, -0.2) is 23.1 Å². The Bertz CT molecular complexity index is 802. The van der Waals surface area contributed by atoms with Crippen molar-refractivity contribution in [2.45, 2.75) is 4.90 Å².